The fourth-order valence-electron chi connectivity index (χ4n) is 7.22. The molecular formula is C47H29N3O. The van der Waals surface area contributed by atoms with Gasteiger partial charge in [0.05, 0.1) is 0 Å². The molecular weight excluding hydrogens is 623 g/mol. The van der Waals surface area contributed by atoms with Gasteiger partial charge in [0.1, 0.15) is 11.2 Å². The largest absolute Gasteiger partial charge is 0.455 e. The molecule has 0 fully saturated rings. The molecule has 0 aliphatic rings. The van der Waals surface area contributed by atoms with E-state index in [0.717, 1.165) is 65.9 Å². The van der Waals surface area contributed by atoms with Crippen molar-refractivity contribution in [2.75, 3.05) is 0 Å². The average molecular weight is 652 g/mol. The van der Waals surface area contributed by atoms with Crippen LogP contribution in [0.15, 0.2) is 180 Å². The first-order valence-electron chi connectivity index (χ1n) is 17.1. The number of fused-ring (bicyclic) bond motifs is 6. The predicted octanol–water partition coefficient (Wildman–Crippen LogP) is 12.4. The van der Waals surface area contributed by atoms with Crippen LogP contribution in [0.5, 0.6) is 0 Å². The number of benzene rings is 8. The van der Waals surface area contributed by atoms with Crippen LogP contribution >= 0.6 is 0 Å². The smallest absolute Gasteiger partial charge is 0.164 e. The molecule has 0 aliphatic heterocycles. The second-order valence-corrected chi connectivity index (χ2v) is 12.8. The van der Waals surface area contributed by atoms with E-state index >= 15 is 0 Å². The zero-order valence-electron chi connectivity index (χ0n) is 27.5. The highest BCUT2D eigenvalue weighted by molar-refractivity contribution is 6.22. The van der Waals surface area contributed by atoms with Crippen LogP contribution in [0.1, 0.15) is 0 Å². The molecule has 4 heteroatoms. The van der Waals surface area contributed by atoms with E-state index in [9.17, 15) is 0 Å². The van der Waals surface area contributed by atoms with E-state index in [1.54, 1.807) is 0 Å². The SMILES string of the molecule is c1ccc(-c2ccc(-c3cc4c(oc5cccc(-c6nc(-c7ccccc7)nc(-c7ccc8ccccc8c7)n6)c54)c4ccccc34)cc2)cc1. The van der Waals surface area contributed by atoms with Crippen molar-refractivity contribution in [2.45, 2.75) is 0 Å². The van der Waals surface area contributed by atoms with Gasteiger partial charge in [0.2, 0.25) is 0 Å². The molecule has 0 amide bonds. The van der Waals surface area contributed by atoms with Crippen LogP contribution in [0.4, 0.5) is 0 Å². The maximum Gasteiger partial charge on any atom is 0.164 e. The molecule has 238 valence electrons. The Hall–Kier alpha value is -6.91. The number of nitrogens with zero attached hydrogens (tertiary/aromatic N) is 3. The summed E-state index contributed by atoms with van der Waals surface area (Å²) in [5.74, 6) is 1.85. The first-order valence-corrected chi connectivity index (χ1v) is 17.1. The third-order valence-electron chi connectivity index (χ3n) is 9.72. The molecule has 0 saturated heterocycles. The summed E-state index contributed by atoms with van der Waals surface area (Å²) in [6, 6.07) is 61.1. The van der Waals surface area contributed by atoms with Crippen molar-refractivity contribution in [1.29, 1.82) is 0 Å². The Kier molecular flexibility index (Phi) is 6.78. The van der Waals surface area contributed by atoms with Crippen molar-refractivity contribution in [2.24, 2.45) is 0 Å². The lowest BCUT2D eigenvalue weighted by Crippen LogP contribution is -2.00. The lowest BCUT2D eigenvalue weighted by molar-refractivity contribution is 0.673. The molecule has 8 aromatic carbocycles. The third-order valence-corrected chi connectivity index (χ3v) is 9.72. The van der Waals surface area contributed by atoms with Gasteiger partial charge in [-0.15, -0.1) is 0 Å². The van der Waals surface area contributed by atoms with E-state index in [1.165, 1.54) is 16.5 Å². The lowest BCUT2D eigenvalue weighted by Gasteiger charge is -2.11. The summed E-state index contributed by atoms with van der Waals surface area (Å²) in [6.07, 6.45) is 0. The fourth-order valence-corrected chi connectivity index (χ4v) is 7.22. The molecule has 0 radical (unpaired) electrons. The van der Waals surface area contributed by atoms with Crippen LogP contribution in [0.25, 0.3) is 99.9 Å². The van der Waals surface area contributed by atoms with Crippen molar-refractivity contribution in [3.8, 4) is 56.4 Å². The Morgan fingerprint density at radius 2 is 0.922 bits per heavy atom. The summed E-state index contributed by atoms with van der Waals surface area (Å²) >= 11 is 0. The van der Waals surface area contributed by atoms with E-state index in [-0.39, 0.29) is 0 Å². The summed E-state index contributed by atoms with van der Waals surface area (Å²) < 4.78 is 6.70. The number of rotatable bonds is 5. The van der Waals surface area contributed by atoms with Gasteiger partial charge in [-0.3, -0.25) is 0 Å². The topological polar surface area (TPSA) is 51.8 Å². The molecule has 0 atom stereocenters. The first-order chi connectivity index (χ1) is 25.3. The van der Waals surface area contributed by atoms with E-state index in [0.29, 0.717) is 17.5 Å². The van der Waals surface area contributed by atoms with Gasteiger partial charge < -0.3 is 4.42 Å². The predicted molar refractivity (Wildman–Crippen MR) is 209 cm³/mol. The van der Waals surface area contributed by atoms with Crippen LogP contribution in [0.2, 0.25) is 0 Å². The highest BCUT2D eigenvalue weighted by Gasteiger charge is 2.20. The fraction of sp³-hybridized carbons (Fsp3) is 0. The van der Waals surface area contributed by atoms with Crippen LogP contribution in [-0.2, 0) is 0 Å². The minimum absolute atomic E-state index is 0.599. The molecule has 0 N–H and O–H groups in total. The molecule has 0 unspecified atom stereocenters. The summed E-state index contributed by atoms with van der Waals surface area (Å²) in [4.78, 5) is 15.3. The number of aromatic nitrogens is 3. The van der Waals surface area contributed by atoms with Gasteiger partial charge in [0.15, 0.2) is 17.5 Å². The van der Waals surface area contributed by atoms with Gasteiger partial charge >= 0.3 is 0 Å². The van der Waals surface area contributed by atoms with Gasteiger partial charge in [0.25, 0.3) is 0 Å². The first kappa shape index (κ1) is 29.0. The van der Waals surface area contributed by atoms with E-state index in [1.807, 2.05) is 48.5 Å². The van der Waals surface area contributed by atoms with Crippen molar-refractivity contribution in [3.63, 3.8) is 0 Å². The monoisotopic (exact) mass is 651 g/mol. The molecule has 0 aliphatic carbocycles. The quantitative estimate of drug-likeness (QED) is 0.186. The van der Waals surface area contributed by atoms with Gasteiger partial charge in [-0.05, 0) is 56.6 Å². The van der Waals surface area contributed by atoms with Gasteiger partial charge in [-0.25, -0.2) is 15.0 Å². The Morgan fingerprint density at radius 1 is 0.333 bits per heavy atom. The Labute approximate surface area is 294 Å². The maximum atomic E-state index is 6.70. The van der Waals surface area contributed by atoms with Crippen LogP contribution < -0.4 is 0 Å². The number of hydrogen-bond acceptors (Lipinski definition) is 4. The van der Waals surface area contributed by atoms with Crippen LogP contribution in [-0.4, -0.2) is 15.0 Å². The zero-order valence-corrected chi connectivity index (χ0v) is 27.5. The molecule has 0 saturated carbocycles. The summed E-state index contributed by atoms with van der Waals surface area (Å²) in [7, 11) is 0. The standard InChI is InChI=1S/C47H29N3O/c1-3-12-30(13-4-1)32-22-25-33(26-23-32)40-29-41-43-39(20-11-21-42(43)51-44(41)38-19-10-9-18-37(38)40)47-49-45(34-15-5-2-6-16-34)48-46(50-47)36-27-24-31-14-7-8-17-35(31)28-36/h1-29H. The summed E-state index contributed by atoms with van der Waals surface area (Å²) in [5.41, 5.74) is 9.08. The van der Waals surface area contributed by atoms with Crippen LogP contribution in [0, 0.1) is 0 Å². The van der Waals surface area contributed by atoms with Crippen molar-refractivity contribution < 1.29 is 4.42 Å². The van der Waals surface area contributed by atoms with E-state index in [4.69, 9.17) is 19.4 Å². The minimum Gasteiger partial charge on any atom is -0.455 e. The Bertz CT molecular complexity index is 2900. The molecule has 10 rings (SSSR count). The molecule has 2 aromatic heterocycles. The van der Waals surface area contributed by atoms with Crippen molar-refractivity contribution in [3.05, 3.63) is 176 Å². The highest BCUT2D eigenvalue weighted by Crippen LogP contribution is 2.43. The van der Waals surface area contributed by atoms with Crippen LogP contribution in [0.3, 0.4) is 0 Å². The third kappa shape index (κ3) is 5.04. The van der Waals surface area contributed by atoms with Gasteiger partial charge in [0, 0.05) is 32.8 Å². The molecule has 2 heterocycles. The number of furan rings is 1. The lowest BCUT2D eigenvalue weighted by atomic mass is 9.93. The van der Waals surface area contributed by atoms with Crippen molar-refractivity contribution in [1.82, 2.24) is 15.0 Å². The molecule has 4 nitrogen and oxygen atoms in total. The van der Waals surface area contributed by atoms with Gasteiger partial charge in [-0.2, -0.15) is 0 Å². The minimum atomic E-state index is 0.599. The number of hydrogen-bond donors (Lipinski definition) is 0. The van der Waals surface area contributed by atoms with E-state index in [2.05, 4.69) is 127 Å². The summed E-state index contributed by atoms with van der Waals surface area (Å²) in [5, 5.41) is 6.52. The second-order valence-electron chi connectivity index (χ2n) is 12.8. The highest BCUT2D eigenvalue weighted by atomic mass is 16.3. The maximum absolute atomic E-state index is 6.70. The van der Waals surface area contributed by atoms with E-state index < -0.39 is 0 Å². The Balaban J connectivity index is 1.20. The molecule has 0 spiro atoms. The normalized spacial score (nSPS) is 11.5. The molecule has 0 bridgehead atoms. The summed E-state index contributed by atoms with van der Waals surface area (Å²) in [6.45, 7) is 0. The average Bonchev–Trinajstić information content (AvgIpc) is 3.60. The van der Waals surface area contributed by atoms with Crippen molar-refractivity contribution >= 4 is 43.5 Å². The van der Waals surface area contributed by atoms with Gasteiger partial charge in [-0.1, -0.05) is 158 Å². The molecule has 10 aromatic rings. The molecule has 51 heavy (non-hydrogen) atoms. The second kappa shape index (κ2) is 11.9. The Morgan fingerprint density at radius 3 is 1.71 bits per heavy atom. The zero-order chi connectivity index (χ0) is 33.7.